The zero-order valence-electron chi connectivity index (χ0n) is 13.4. The highest BCUT2D eigenvalue weighted by atomic mass is 16.5. The Morgan fingerprint density at radius 1 is 1.19 bits per heavy atom. The van der Waals surface area contributed by atoms with Crippen LogP contribution in [0, 0.1) is 11.3 Å². The van der Waals surface area contributed by atoms with E-state index >= 15 is 0 Å². The van der Waals surface area contributed by atoms with Gasteiger partial charge in [0.05, 0.1) is 6.10 Å². The normalized spacial score (nSPS) is 26.0. The summed E-state index contributed by atoms with van der Waals surface area (Å²) in [6.45, 7) is 5.77. The van der Waals surface area contributed by atoms with E-state index in [0.717, 1.165) is 45.0 Å². The van der Waals surface area contributed by atoms with Crippen molar-refractivity contribution in [2.75, 3.05) is 26.2 Å². The van der Waals surface area contributed by atoms with E-state index in [-0.39, 0.29) is 6.03 Å². The maximum atomic E-state index is 12.3. The standard InChI is InChI=1S/C17H30N2O2/c1-17(8-2-3-9-17)13-18-16(20)19-10-6-15(7-11-19)21-12-14-4-5-14/h14-15H,2-13H2,1H3,(H,18,20). The third-order valence-electron chi connectivity index (χ3n) is 5.47. The van der Waals surface area contributed by atoms with Crippen LogP contribution in [0.4, 0.5) is 4.79 Å². The predicted octanol–water partition coefficient (Wildman–Crippen LogP) is 3.17. The van der Waals surface area contributed by atoms with Crippen LogP contribution in [0.1, 0.15) is 58.3 Å². The molecule has 1 aliphatic heterocycles. The van der Waals surface area contributed by atoms with Crippen molar-refractivity contribution in [2.45, 2.75) is 64.4 Å². The number of piperidine rings is 1. The summed E-state index contributed by atoms with van der Waals surface area (Å²) in [6, 6.07) is 0.128. The number of nitrogens with one attached hydrogen (secondary N) is 1. The lowest BCUT2D eigenvalue weighted by atomic mass is 9.89. The molecule has 2 saturated carbocycles. The van der Waals surface area contributed by atoms with Crippen LogP contribution in [0.5, 0.6) is 0 Å². The first-order chi connectivity index (χ1) is 10.1. The second-order valence-corrected chi connectivity index (χ2v) is 7.64. The summed E-state index contributed by atoms with van der Waals surface area (Å²) in [5, 5.41) is 3.16. The summed E-state index contributed by atoms with van der Waals surface area (Å²) in [4.78, 5) is 14.2. The lowest BCUT2D eigenvalue weighted by Crippen LogP contribution is -2.48. The van der Waals surface area contributed by atoms with Crippen molar-refractivity contribution in [1.82, 2.24) is 10.2 Å². The van der Waals surface area contributed by atoms with Gasteiger partial charge in [-0.15, -0.1) is 0 Å². The molecular formula is C17H30N2O2. The predicted molar refractivity (Wildman–Crippen MR) is 83.2 cm³/mol. The number of rotatable bonds is 5. The molecule has 0 aromatic carbocycles. The summed E-state index contributed by atoms with van der Waals surface area (Å²) in [5.74, 6) is 0.832. The topological polar surface area (TPSA) is 41.6 Å². The molecule has 3 rings (SSSR count). The van der Waals surface area contributed by atoms with E-state index in [1.165, 1.54) is 38.5 Å². The molecule has 1 heterocycles. The van der Waals surface area contributed by atoms with Crippen LogP contribution < -0.4 is 5.32 Å². The van der Waals surface area contributed by atoms with Crippen LogP contribution in [-0.4, -0.2) is 43.3 Å². The maximum absolute atomic E-state index is 12.3. The highest BCUT2D eigenvalue weighted by molar-refractivity contribution is 5.74. The largest absolute Gasteiger partial charge is 0.378 e. The van der Waals surface area contributed by atoms with Crippen LogP contribution >= 0.6 is 0 Å². The van der Waals surface area contributed by atoms with Gasteiger partial charge in [0.2, 0.25) is 0 Å². The first kappa shape index (κ1) is 15.1. The third kappa shape index (κ3) is 4.35. The van der Waals surface area contributed by atoms with Gasteiger partial charge in [0.1, 0.15) is 0 Å². The summed E-state index contributed by atoms with van der Waals surface area (Å²) < 4.78 is 5.93. The Hall–Kier alpha value is -0.770. The molecule has 4 heteroatoms. The maximum Gasteiger partial charge on any atom is 0.317 e. The fourth-order valence-corrected chi connectivity index (χ4v) is 3.59. The van der Waals surface area contributed by atoms with Gasteiger partial charge in [-0.25, -0.2) is 4.79 Å². The molecule has 1 saturated heterocycles. The van der Waals surface area contributed by atoms with E-state index in [4.69, 9.17) is 4.74 Å². The number of hydrogen-bond donors (Lipinski definition) is 1. The second kappa shape index (κ2) is 6.55. The zero-order valence-corrected chi connectivity index (χ0v) is 13.4. The van der Waals surface area contributed by atoms with Gasteiger partial charge >= 0.3 is 6.03 Å². The van der Waals surface area contributed by atoms with Gasteiger partial charge in [-0.2, -0.15) is 0 Å². The molecule has 0 radical (unpaired) electrons. The van der Waals surface area contributed by atoms with Gasteiger partial charge in [-0.1, -0.05) is 19.8 Å². The van der Waals surface area contributed by atoms with Crippen LogP contribution in [0.2, 0.25) is 0 Å². The van der Waals surface area contributed by atoms with E-state index in [0.29, 0.717) is 11.5 Å². The number of likely N-dealkylation sites (tertiary alicyclic amines) is 1. The Kier molecular flexibility index (Phi) is 4.72. The molecule has 0 atom stereocenters. The van der Waals surface area contributed by atoms with Crippen LogP contribution in [-0.2, 0) is 4.74 Å². The van der Waals surface area contributed by atoms with Crippen molar-refractivity contribution in [1.29, 1.82) is 0 Å². The van der Waals surface area contributed by atoms with Crippen molar-refractivity contribution in [3.63, 3.8) is 0 Å². The molecule has 0 spiro atoms. The van der Waals surface area contributed by atoms with Gasteiger partial charge < -0.3 is 15.0 Å². The van der Waals surface area contributed by atoms with Gasteiger partial charge in [0.15, 0.2) is 0 Å². The molecule has 3 aliphatic rings. The summed E-state index contributed by atoms with van der Waals surface area (Å²) in [7, 11) is 0. The van der Waals surface area contributed by atoms with Gasteiger partial charge in [-0.05, 0) is 49.9 Å². The highest BCUT2D eigenvalue weighted by Gasteiger charge is 2.31. The lowest BCUT2D eigenvalue weighted by molar-refractivity contribution is 0.00931. The Morgan fingerprint density at radius 2 is 1.86 bits per heavy atom. The number of ether oxygens (including phenoxy) is 1. The van der Waals surface area contributed by atoms with E-state index < -0.39 is 0 Å². The molecule has 3 fully saturated rings. The van der Waals surface area contributed by atoms with Gasteiger partial charge in [0, 0.05) is 26.2 Å². The van der Waals surface area contributed by atoms with Crippen molar-refractivity contribution >= 4 is 6.03 Å². The van der Waals surface area contributed by atoms with E-state index in [9.17, 15) is 4.79 Å². The molecule has 120 valence electrons. The molecule has 1 N–H and O–H groups in total. The molecule has 0 bridgehead atoms. The van der Waals surface area contributed by atoms with Crippen LogP contribution in [0.25, 0.3) is 0 Å². The Bertz CT molecular complexity index is 354. The van der Waals surface area contributed by atoms with E-state index in [1.807, 2.05) is 4.90 Å². The van der Waals surface area contributed by atoms with Crippen molar-refractivity contribution in [3.05, 3.63) is 0 Å². The molecule has 2 aliphatic carbocycles. The summed E-state index contributed by atoms with van der Waals surface area (Å²) in [6.07, 6.45) is 10.2. The highest BCUT2D eigenvalue weighted by Crippen LogP contribution is 2.36. The summed E-state index contributed by atoms with van der Waals surface area (Å²) in [5.41, 5.74) is 0.335. The molecule has 4 nitrogen and oxygen atoms in total. The number of nitrogens with zero attached hydrogens (tertiary/aromatic N) is 1. The summed E-state index contributed by atoms with van der Waals surface area (Å²) >= 11 is 0. The van der Waals surface area contributed by atoms with Gasteiger partial charge in [-0.3, -0.25) is 0 Å². The molecule has 0 aromatic heterocycles. The van der Waals surface area contributed by atoms with Crippen LogP contribution in [0.15, 0.2) is 0 Å². The average Bonchev–Trinajstić information content (AvgIpc) is 3.24. The monoisotopic (exact) mass is 294 g/mol. The zero-order chi connectivity index (χ0) is 14.7. The molecule has 0 aromatic rings. The number of carbonyl (C=O) groups is 1. The van der Waals surface area contributed by atoms with E-state index in [1.54, 1.807) is 0 Å². The number of urea groups is 1. The third-order valence-corrected chi connectivity index (χ3v) is 5.47. The quantitative estimate of drug-likeness (QED) is 0.846. The minimum Gasteiger partial charge on any atom is -0.378 e. The SMILES string of the molecule is CC1(CNC(=O)N2CCC(OCC3CC3)CC2)CCCC1. The lowest BCUT2D eigenvalue weighted by Gasteiger charge is -2.33. The number of hydrogen-bond acceptors (Lipinski definition) is 2. The number of amides is 2. The van der Waals surface area contributed by atoms with Crippen molar-refractivity contribution in [3.8, 4) is 0 Å². The Morgan fingerprint density at radius 3 is 2.48 bits per heavy atom. The van der Waals surface area contributed by atoms with Gasteiger partial charge in [0.25, 0.3) is 0 Å². The second-order valence-electron chi connectivity index (χ2n) is 7.64. The Labute approximate surface area is 128 Å². The fraction of sp³-hybridized carbons (Fsp3) is 0.941. The van der Waals surface area contributed by atoms with Crippen LogP contribution in [0.3, 0.4) is 0 Å². The van der Waals surface area contributed by atoms with E-state index in [2.05, 4.69) is 12.2 Å². The molecular weight excluding hydrogens is 264 g/mol. The molecule has 2 amide bonds. The average molecular weight is 294 g/mol. The minimum atomic E-state index is 0.128. The smallest absolute Gasteiger partial charge is 0.317 e. The van der Waals surface area contributed by atoms with Crippen molar-refractivity contribution in [2.24, 2.45) is 11.3 Å². The fourth-order valence-electron chi connectivity index (χ4n) is 3.59. The Balaban J connectivity index is 1.34. The molecule has 0 unspecified atom stereocenters. The van der Waals surface area contributed by atoms with Crippen molar-refractivity contribution < 1.29 is 9.53 Å². The first-order valence-electron chi connectivity index (χ1n) is 8.79. The molecule has 21 heavy (non-hydrogen) atoms. The minimum absolute atomic E-state index is 0.128. The number of carbonyl (C=O) groups excluding carboxylic acids is 1. The first-order valence-corrected chi connectivity index (χ1v) is 8.79.